The van der Waals surface area contributed by atoms with Gasteiger partial charge in [-0.2, -0.15) is 4.98 Å². The summed E-state index contributed by atoms with van der Waals surface area (Å²) in [6.45, 7) is 3.80. The van der Waals surface area contributed by atoms with Gasteiger partial charge in [0, 0.05) is 30.6 Å². The molecule has 1 aliphatic carbocycles. The van der Waals surface area contributed by atoms with Crippen LogP contribution in [0.4, 0.5) is 11.8 Å². The van der Waals surface area contributed by atoms with Crippen molar-refractivity contribution in [3.63, 3.8) is 0 Å². The average Bonchev–Trinajstić information content (AvgIpc) is 2.96. The van der Waals surface area contributed by atoms with Gasteiger partial charge >= 0.3 is 0 Å². The molecule has 2 N–H and O–H groups in total. The Bertz CT molecular complexity index is 952. The molecule has 2 heterocycles. The molecule has 144 valence electrons. The highest BCUT2D eigenvalue weighted by molar-refractivity contribution is 5.90. The molecule has 28 heavy (non-hydrogen) atoms. The number of nitrogens with one attached hydrogen (secondary N) is 2. The van der Waals surface area contributed by atoms with E-state index >= 15 is 0 Å². The zero-order chi connectivity index (χ0) is 18.8. The fraction of sp³-hybridized carbons (Fsp3) is 0.391. The van der Waals surface area contributed by atoms with Crippen LogP contribution >= 0.6 is 0 Å². The lowest BCUT2D eigenvalue weighted by atomic mass is 9.73. The molecule has 1 spiro atoms. The van der Waals surface area contributed by atoms with Crippen LogP contribution < -0.4 is 15.5 Å². The molecule has 0 bridgehead atoms. The molecule has 1 aromatic heterocycles. The van der Waals surface area contributed by atoms with E-state index in [1.807, 2.05) is 6.07 Å². The maximum atomic E-state index is 5.03. The largest absolute Gasteiger partial charge is 0.365 e. The van der Waals surface area contributed by atoms with E-state index in [0.717, 1.165) is 48.8 Å². The molecule has 0 amide bonds. The molecular formula is C23H27N5. The summed E-state index contributed by atoms with van der Waals surface area (Å²) in [6, 6.07) is 18.8. The SMILES string of the molecule is c1ccc(CNc2nc(N3CCNCCC34CCC4)nc3ccccc23)cc1. The lowest BCUT2D eigenvalue weighted by molar-refractivity contribution is 0.220. The van der Waals surface area contributed by atoms with Crippen molar-refractivity contribution < 1.29 is 0 Å². The molecule has 1 saturated carbocycles. The van der Waals surface area contributed by atoms with Crippen molar-refractivity contribution in [2.75, 3.05) is 29.9 Å². The van der Waals surface area contributed by atoms with Crippen molar-refractivity contribution in [3.8, 4) is 0 Å². The summed E-state index contributed by atoms with van der Waals surface area (Å²) in [6.07, 6.45) is 4.98. The first-order valence-corrected chi connectivity index (χ1v) is 10.4. The van der Waals surface area contributed by atoms with Crippen molar-refractivity contribution in [1.29, 1.82) is 0 Å². The fourth-order valence-corrected chi connectivity index (χ4v) is 4.53. The zero-order valence-corrected chi connectivity index (χ0v) is 16.2. The van der Waals surface area contributed by atoms with Crippen LogP contribution in [0, 0.1) is 0 Å². The van der Waals surface area contributed by atoms with Gasteiger partial charge in [0.05, 0.1) is 5.52 Å². The van der Waals surface area contributed by atoms with E-state index in [1.165, 1.54) is 31.2 Å². The van der Waals surface area contributed by atoms with E-state index in [0.29, 0.717) is 0 Å². The molecule has 1 saturated heterocycles. The van der Waals surface area contributed by atoms with Crippen LogP contribution in [0.25, 0.3) is 10.9 Å². The number of nitrogens with zero attached hydrogens (tertiary/aromatic N) is 3. The zero-order valence-electron chi connectivity index (χ0n) is 16.2. The fourth-order valence-electron chi connectivity index (χ4n) is 4.53. The molecule has 5 heteroatoms. The Hall–Kier alpha value is -2.66. The van der Waals surface area contributed by atoms with Gasteiger partial charge in [-0.3, -0.25) is 0 Å². The van der Waals surface area contributed by atoms with Crippen molar-refractivity contribution >= 4 is 22.7 Å². The Morgan fingerprint density at radius 3 is 2.57 bits per heavy atom. The Labute approximate surface area is 166 Å². The lowest BCUT2D eigenvalue weighted by Crippen LogP contribution is -2.55. The van der Waals surface area contributed by atoms with Gasteiger partial charge in [0.15, 0.2) is 0 Å². The summed E-state index contributed by atoms with van der Waals surface area (Å²) < 4.78 is 0. The number of hydrogen-bond donors (Lipinski definition) is 2. The predicted molar refractivity (Wildman–Crippen MR) is 115 cm³/mol. The summed E-state index contributed by atoms with van der Waals surface area (Å²) in [7, 11) is 0. The number of fused-ring (bicyclic) bond motifs is 1. The van der Waals surface area contributed by atoms with Crippen molar-refractivity contribution in [1.82, 2.24) is 15.3 Å². The van der Waals surface area contributed by atoms with Gasteiger partial charge in [-0.15, -0.1) is 0 Å². The molecule has 1 aliphatic heterocycles. The van der Waals surface area contributed by atoms with Crippen LogP contribution in [-0.4, -0.2) is 35.1 Å². The Balaban J connectivity index is 1.52. The summed E-state index contributed by atoms with van der Waals surface area (Å²) in [5, 5.41) is 8.21. The Morgan fingerprint density at radius 1 is 0.929 bits per heavy atom. The van der Waals surface area contributed by atoms with Gasteiger partial charge in [-0.25, -0.2) is 4.98 Å². The molecular weight excluding hydrogens is 346 g/mol. The molecule has 2 aliphatic rings. The first kappa shape index (κ1) is 17.4. The number of rotatable bonds is 4. The Morgan fingerprint density at radius 2 is 1.75 bits per heavy atom. The molecule has 0 unspecified atom stereocenters. The third-order valence-corrected chi connectivity index (χ3v) is 6.27. The van der Waals surface area contributed by atoms with Gasteiger partial charge in [-0.05, 0) is 49.9 Å². The van der Waals surface area contributed by atoms with Gasteiger partial charge in [-0.1, -0.05) is 42.5 Å². The molecule has 0 atom stereocenters. The molecule has 3 aromatic rings. The minimum atomic E-state index is 0.239. The summed E-state index contributed by atoms with van der Waals surface area (Å²) in [5.74, 6) is 1.80. The summed E-state index contributed by atoms with van der Waals surface area (Å²) >= 11 is 0. The van der Waals surface area contributed by atoms with E-state index in [1.54, 1.807) is 0 Å². The van der Waals surface area contributed by atoms with Crippen LogP contribution in [0.5, 0.6) is 0 Å². The van der Waals surface area contributed by atoms with E-state index in [2.05, 4.69) is 64.1 Å². The maximum absolute atomic E-state index is 5.03. The number of aromatic nitrogens is 2. The third kappa shape index (κ3) is 3.20. The van der Waals surface area contributed by atoms with Crippen molar-refractivity contribution in [3.05, 3.63) is 60.2 Å². The highest BCUT2D eigenvalue weighted by atomic mass is 15.3. The van der Waals surface area contributed by atoms with Gasteiger partial charge < -0.3 is 15.5 Å². The molecule has 2 fully saturated rings. The van der Waals surface area contributed by atoms with Crippen LogP contribution in [-0.2, 0) is 6.54 Å². The number of hydrogen-bond acceptors (Lipinski definition) is 5. The smallest absolute Gasteiger partial charge is 0.228 e. The van der Waals surface area contributed by atoms with Crippen molar-refractivity contribution in [2.24, 2.45) is 0 Å². The third-order valence-electron chi connectivity index (χ3n) is 6.27. The topological polar surface area (TPSA) is 53.1 Å². The van der Waals surface area contributed by atoms with Gasteiger partial charge in [0.25, 0.3) is 0 Å². The second kappa shape index (κ2) is 7.40. The second-order valence-electron chi connectivity index (χ2n) is 7.96. The number of benzene rings is 2. The van der Waals surface area contributed by atoms with E-state index in [-0.39, 0.29) is 5.54 Å². The van der Waals surface area contributed by atoms with E-state index < -0.39 is 0 Å². The van der Waals surface area contributed by atoms with Crippen LogP contribution in [0.2, 0.25) is 0 Å². The molecule has 2 aromatic carbocycles. The van der Waals surface area contributed by atoms with Gasteiger partial charge in [0.2, 0.25) is 5.95 Å². The van der Waals surface area contributed by atoms with Crippen LogP contribution in [0.1, 0.15) is 31.2 Å². The van der Waals surface area contributed by atoms with Crippen LogP contribution in [0.3, 0.4) is 0 Å². The van der Waals surface area contributed by atoms with Gasteiger partial charge in [0.1, 0.15) is 5.82 Å². The average molecular weight is 374 g/mol. The monoisotopic (exact) mass is 373 g/mol. The standard InChI is InChI=1S/C23H27N5/c1-2-7-18(8-3-1)17-25-21-19-9-4-5-10-20(19)26-22(27-21)28-16-15-24-14-13-23(28)11-6-12-23/h1-5,7-10,24H,6,11-17H2,(H,25,26,27). The predicted octanol–water partition coefficient (Wildman–Crippen LogP) is 3.96. The molecule has 5 nitrogen and oxygen atoms in total. The minimum absolute atomic E-state index is 0.239. The van der Waals surface area contributed by atoms with E-state index in [9.17, 15) is 0 Å². The second-order valence-corrected chi connectivity index (χ2v) is 7.96. The maximum Gasteiger partial charge on any atom is 0.228 e. The minimum Gasteiger partial charge on any atom is -0.365 e. The first-order valence-electron chi connectivity index (χ1n) is 10.4. The highest BCUT2D eigenvalue weighted by Gasteiger charge is 2.44. The Kier molecular flexibility index (Phi) is 4.61. The number of para-hydroxylation sites is 1. The summed E-state index contributed by atoms with van der Waals surface area (Å²) in [5.41, 5.74) is 2.50. The quantitative estimate of drug-likeness (QED) is 0.725. The van der Waals surface area contributed by atoms with Crippen LogP contribution in [0.15, 0.2) is 54.6 Å². The van der Waals surface area contributed by atoms with E-state index in [4.69, 9.17) is 9.97 Å². The molecule has 0 radical (unpaired) electrons. The highest BCUT2D eigenvalue weighted by Crippen LogP contribution is 2.43. The molecule has 5 rings (SSSR count). The number of anilines is 2. The first-order chi connectivity index (χ1) is 13.8. The summed E-state index contributed by atoms with van der Waals surface area (Å²) in [4.78, 5) is 12.5. The van der Waals surface area contributed by atoms with Crippen molar-refractivity contribution in [2.45, 2.75) is 37.8 Å². The normalized spacial score (nSPS) is 18.6. The lowest BCUT2D eigenvalue weighted by Gasteiger charge is -2.49.